The number of fused-ring (bicyclic) bond motifs is 5. The fraction of sp³-hybridized carbons (Fsp3) is 0.0909. The zero-order valence-corrected chi connectivity index (χ0v) is 14.6. The van der Waals surface area contributed by atoms with E-state index in [1.165, 1.54) is 0 Å². The Hall–Kier alpha value is -3.60. The lowest BCUT2D eigenvalue weighted by molar-refractivity contribution is 0.0948. The molecule has 2 aliphatic heterocycles. The van der Waals surface area contributed by atoms with Crippen molar-refractivity contribution in [1.82, 2.24) is 0 Å². The molecule has 2 aliphatic rings. The minimum Gasteiger partial charge on any atom is -0.495 e. The minimum absolute atomic E-state index is 0.101. The van der Waals surface area contributed by atoms with Gasteiger partial charge in [-0.1, -0.05) is 42.5 Å². The molecule has 27 heavy (non-hydrogen) atoms. The Morgan fingerprint density at radius 1 is 0.704 bits per heavy atom. The van der Waals surface area contributed by atoms with Gasteiger partial charge in [0.15, 0.2) is 0 Å². The van der Waals surface area contributed by atoms with E-state index in [0.717, 1.165) is 5.56 Å². The second-order valence-electron chi connectivity index (χ2n) is 6.50. The van der Waals surface area contributed by atoms with E-state index < -0.39 is 6.17 Å². The molecule has 0 N–H and O–H groups in total. The average Bonchev–Trinajstić information content (AvgIpc) is 3.02. The highest BCUT2D eigenvalue weighted by Crippen LogP contribution is 2.48. The molecule has 1 atom stereocenters. The Labute approximate surface area is 156 Å². The molecule has 0 aromatic heterocycles. The lowest BCUT2D eigenvalue weighted by Gasteiger charge is -2.41. The van der Waals surface area contributed by atoms with Gasteiger partial charge >= 0.3 is 0 Å². The van der Waals surface area contributed by atoms with Crippen molar-refractivity contribution in [1.29, 1.82) is 0 Å². The number of carbonyl (C=O) groups excluding carboxylic acids is 2. The largest absolute Gasteiger partial charge is 0.495 e. The van der Waals surface area contributed by atoms with E-state index in [0.29, 0.717) is 28.3 Å². The quantitative estimate of drug-likeness (QED) is 0.697. The summed E-state index contributed by atoms with van der Waals surface area (Å²) in [5.41, 5.74) is 3.21. The number of amides is 2. The van der Waals surface area contributed by atoms with E-state index in [2.05, 4.69) is 0 Å². The molecular formula is C22H16N2O3. The van der Waals surface area contributed by atoms with Crippen LogP contribution in [0.4, 0.5) is 11.4 Å². The molecule has 5 nitrogen and oxygen atoms in total. The second-order valence-corrected chi connectivity index (χ2v) is 6.50. The van der Waals surface area contributed by atoms with Crippen LogP contribution < -0.4 is 14.5 Å². The third-order valence-electron chi connectivity index (χ3n) is 5.13. The summed E-state index contributed by atoms with van der Waals surface area (Å²) < 4.78 is 5.50. The lowest BCUT2D eigenvalue weighted by Crippen LogP contribution is -2.48. The Bertz CT molecular complexity index is 1090. The Kier molecular flexibility index (Phi) is 3.31. The van der Waals surface area contributed by atoms with Crippen molar-refractivity contribution in [2.24, 2.45) is 0 Å². The number of anilines is 2. The topological polar surface area (TPSA) is 49.9 Å². The molecule has 5 heteroatoms. The van der Waals surface area contributed by atoms with Crippen LogP contribution in [0.5, 0.6) is 5.75 Å². The first-order valence-corrected chi connectivity index (χ1v) is 8.70. The number of rotatable bonds is 2. The predicted molar refractivity (Wildman–Crippen MR) is 102 cm³/mol. The molecule has 0 radical (unpaired) electrons. The zero-order valence-electron chi connectivity index (χ0n) is 14.6. The molecule has 0 saturated heterocycles. The summed E-state index contributed by atoms with van der Waals surface area (Å²) in [7, 11) is 1.58. The summed E-state index contributed by atoms with van der Waals surface area (Å²) in [4.78, 5) is 30.0. The maximum Gasteiger partial charge on any atom is 0.262 e. The van der Waals surface area contributed by atoms with Gasteiger partial charge in [-0.2, -0.15) is 0 Å². The highest BCUT2D eigenvalue weighted by Gasteiger charge is 2.48. The molecular weight excluding hydrogens is 340 g/mol. The Morgan fingerprint density at radius 2 is 1.26 bits per heavy atom. The first-order chi connectivity index (χ1) is 13.2. The first-order valence-electron chi connectivity index (χ1n) is 8.70. The number of para-hydroxylation sites is 3. The molecule has 0 spiro atoms. The first kappa shape index (κ1) is 15.6. The van der Waals surface area contributed by atoms with Crippen molar-refractivity contribution < 1.29 is 14.3 Å². The third-order valence-corrected chi connectivity index (χ3v) is 5.13. The van der Waals surface area contributed by atoms with Crippen LogP contribution in [0.2, 0.25) is 0 Å². The number of hydrogen-bond acceptors (Lipinski definition) is 3. The van der Waals surface area contributed by atoms with Crippen molar-refractivity contribution in [3.63, 3.8) is 0 Å². The summed E-state index contributed by atoms with van der Waals surface area (Å²) in [6.45, 7) is 0. The van der Waals surface area contributed by atoms with Gasteiger partial charge in [0.05, 0.1) is 24.0 Å². The molecule has 3 aromatic rings. The minimum atomic E-state index is -0.535. The van der Waals surface area contributed by atoms with E-state index in [9.17, 15) is 9.59 Å². The maximum absolute atomic E-state index is 13.5. The van der Waals surface area contributed by atoms with Crippen LogP contribution >= 0.6 is 0 Å². The Morgan fingerprint density at radius 3 is 2.04 bits per heavy atom. The van der Waals surface area contributed by atoms with Gasteiger partial charge < -0.3 is 4.74 Å². The van der Waals surface area contributed by atoms with E-state index in [1.54, 1.807) is 23.0 Å². The van der Waals surface area contributed by atoms with E-state index in [-0.39, 0.29) is 11.8 Å². The standard InChI is InChI=1S/C22H16N2O3/c1-27-19-13-7-6-12-18(19)24-20-14-8-2-3-9-15(14)21(25)23(20)17-11-5-4-10-16(17)22(24)26/h2-13,20H,1H3/t20-/m1/s1. The molecule has 3 aromatic carbocycles. The second kappa shape index (κ2) is 5.71. The highest BCUT2D eigenvalue weighted by molar-refractivity contribution is 6.21. The third kappa shape index (κ3) is 2.05. The number of nitrogens with zero attached hydrogens (tertiary/aromatic N) is 2. The zero-order chi connectivity index (χ0) is 18.5. The van der Waals surface area contributed by atoms with Crippen LogP contribution in [0, 0.1) is 0 Å². The van der Waals surface area contributed by atoms with Gasteiger partial charge in [-0.3, -0.25) is 19.4 Å². The number of ether oxygens (including phenoxy) is 1. The predicted octanol–water partition coefficient (Wildman–Crippen LogP) is 4.01. The van der Waals surface area contributed by atoms with Crippen molar-refractivity contribution in [2.45, 2.75) is 6.17 Å². The summed E-state index contributed by atoms with van der Waals surface area (Å²) in [6.07, 6.45) is -0.535. The monoisotopic (exact) mass is 356 g/mol. The van der Waals surface area contributed by atoms with Crippen LogP contribution in [-0.4, -0.2) is 18.9 Å². The number of benzene rings is 3. The highest BCUT2D eigenvalue weighted by atomic mass is 16.5. The number of carbonyl (C=O) groups is 2. The molecule has 0 bridgehead atoms. The van der Waals surface area contributed by atoms with Crippen molar-refractivity contribution >= 4 is 23.2 Å². The van der Waals surface area contributed by atoms with Gasteiger partial charge in [0.25, 0.3) is 11.8 Å². The van der Waals surface area contributed by atoms with Crippen LogP contribution in [0.3, 0.4) is 0 Å². The van der Waals surface area contributed by atoms with E-state index in [1.807, 2.05) is 66.7 Å². The molecule has 2 heterocycles. The van der Waals surface area contributed by atoms with Crippen LogP contribution in [0.15, 0.2) is 72.8 Å². The number of hydrogen-bond donors (Lipinski definition) is 0. The smallest absolute Gasteiger partial charge is 0.262 e. The Balaban J connectivity index is 1.81. The number of methoxy groups -OCH3 is 1. The van der Waals surface area contributed by atoms with Crippen molar-refractivity contribution in [3.05, 3.63) is 89.5 Å². The van der Waals surface area contributed by atoms with E-state index in [4.69, 9.17) is 4.74 Å². The fourth-order valence-electron chi connectivity index (χ4n) is 3.97. The van der Waals surface area contributed by atoms with Gasteiger partial charge in [-0.05, 0) is 30.3 Å². The summed E-state index contributed by atoms with van der Waals surface area (Å²) >= 11 is 0. The fourth-order valence-corrected chi connectivity index (χ4v) is 3.97. The van der Waals surface area contributed by atoms with Gasteiger partial charge in [0.2, 0.25) is 0 Å². The van der Waals surface area contributed by atoms with Crippen molar-refractivity contribution in [2.75, 3.05) is 16.9 Å². The van der Waals surface area contributed by atoms with Crippen LogP contribution in [0.25, 0.3) is 0 Å². The molecule has 132 valence electrons. The van der Waals surface area contributed by atoms with E-state index >= 15 is 0 Å². The average molecular weight is 356 g/mol. The molecule has 2 amide bonds. The lowest BCUT2D eigenvalue weighted by atomic mass is 10.0. The summed E-state index contributed by atoms with van der Waals surface area (Å²) in [6, 6.07) is 22.1. The molecule has 0 fully saturated rings. The summed E-state index contributed by atoms with van der Waals surface area (Å²) in [5.74, 6) is 0.332. The maximum atomic E-state index is 13.5. The molecule has 0 saturated carbocycles. The van der Waals surface area contributed by atoms with Gasteiger partial charge in [0.1, 0.15) is 11.9 Å². The SMILES string of the molecule is COc1ccccc1N1C(=O)c2ccccc2N2C(=O)c3ccccc3[C@@H]12. The van der Waals surface area contributed by atoms with Gasteiger partial charge in [-0.15, -0.1) is 0 Å². The van der Waals surface area contributed by atoms with Gasteiger partial charge in [0, 0.05) is 11.1 Å². The van der Waals surface area contributed by atoms with Crippen LogP contribution in [0.1, 0.15) is 32.4 Å². The van der Waals surface area contributed by atoms with Crippen LogP contribution in [-0.2, 0) is 0 Å². The molecule has 5 rings (SSSR count). The van der Waals surface area contributed by atoms with Gasteiger partial charge in [-0.25, -0.2) is 0 Å². The normalized spacial score (nSPS) is 17.4. The molecule has 0 aliphatic carbocycles. The van der Waals surface area contributed by atoms with Crippen molar-refractivity contribution in [3.8, 4) is 5.75 Å². The summed E-state index contributed by atoms with van der Waals surface area (Å²) in [5, 5.41) is 0. The molecule has 0 unspecified atom stereocenters.